The van der Waals surface area contributed by atoms with Crippen molar-refractivity contribution in [1.29, 1.82) is 0 Å². The third-order valence-electron chi connectivity index (χ3n) is 8.47. The summed E-state index contributed by atoms with van der Waals surface area (Å²) in [4.78, 5) is 25.1. The third-order valence-corrected chi connectivity index (χ3v) is 8.47. The number of carbonyl (C=O) groups is 1. The summed E-state index contributed by atoms with van der Waals surface area (Å²) in [6, 6.07) is 0.200. The molecule has 0 aromatic carbocycles. The summed E-state index contributed by atoms with van der Waals surface area (Å²) in [5.74, 6) is 2.69. The fourth-order valence-corrected chi connectivity index (χ4v) is 7.19. The van der Waals surface area contributed by atoms with Crippen LogP contribution in [0.4, 0.5) is 5.95 Å². The van der Waals surface area contributed by atoms with Crippen LogP contribution in [-0.4, -0.2) is 45.7 Å². The number of amides is 1. The van der Waals surface area contributed by atoms with E-state index in [1.54, 1.807) is 6.20 Å². The molecule has 6 nitrogen and oxygen atoms in total. The molecule has 0 radical (unpaired) electrons. The number of aromatic nitrogens is 2. The Morgan fingerprint density at radius 1 is 1.10 bits per heavy atom. The van der Waals surface area contributed by atoms with Crippen LogP contribution in [0.15, 0.2) is 6.20 Å². The van der Waals surface area contributed by atoms with Crippen molar-refractivity contribution in [1.82, 2.24) is 15.3 Å². The van der Waals surface area contributed by atoms with Gasteiger partial charge in [-0.25, -0.2) is 9.97 Å². The normalized spacial score (nSPS) is 38.3. The van der Waals surface area contributed by atoms with Gasteiger partial charge in [-0.1, -0.05) is 12.8 Å². The van der Waals surface area contributed by atoms with Crippen molar-refractivity contribution < 1.29 is 9.90 Å². The minimum atomic E-state index is -0.464. The maximum Gasteiger partial charge on any atom is 0.254 e. The zero-order chi connectivity index (χ0) is 19.6. The topological polar surface area (TPSA) is 78.3 Å². The molecule has 1 aromatic rings. The zero-order valence-corrected chi connectivity index (χ0v) is 17.1. The molecule has 2 unspecified atom stereocenters. The molecular formula is C23H32N4O2. The molecule has 5 saturated carbocycles. The Bertz CT molecular complexity index is 801. The highest BCUT2D eigenvalue weighted by Gasteiger charge is 2.55. The van der Waals surface area contributed by atoms with Crippen LogP contribution in [-0.2, 0) is 0 Å². The lowest BCUT2D eigenvalue weighted by Gasteiger charge is -2.58. The number of nitrogens with zero attached hydrogens (tertiary/aromatic N) is 3. The zero-order valence-electron chi connectivity index (χ0n) is 17.1. The molecule has 5 aliphatic carbocycles. The highest BCUT2D eigenvalue weighted by Crippen LogP contribution is 2.55. The molecular weight excluding hydrogens is 364 g/mol. The molecule has 6 heteroatoms. The van der Waals surface area contributed by atoms with E-state index < -0.39 is 5.60 Å². The van der Waals surface area contributed by atoms with Crippen LogP contribution in [0.3, 0.4) is 0 Å². The maximum atomic E-state index is 13.4. The van der Waals surface area contributed by atoms with E-state index in [-0.39, 0.29) is 11.9 Å². The summed E-state index contributed by atoms with van der Waals surface area (Å²) in [6.45, 7) is 2.04. The minimum absolute atomic E-state index is 0.00604. The van der Waals surface area contributed by atoms with Gasteiger partial charge in [0.2, 0.25) is 5.95 Å². The van der Waals surface area contributed by atoms with Gasteiger partial charge in [-0.3, -0.25) is 4.79 Å². The minimum Gasteiger partial charge on any atom is -0.390 e. The number of aliphatic hydroxyl groups is 1. The van der Waals surface area contributed by atoms with Gasteiger partial charge in [0, 0.05) is 31.2 Å². The monoisotopic (exact) mass is 396 g/mol. The number of carbonyl (C=O) groups excluding carboxylic acids is 1. The van der Waals surface area contributed by atoms with E-state index in [1.807, 2.05) is 0 Å². The maximum absolute atomic E-state index is 13.4. The van der Waals surface area contributed by atoms with Crippen molar-refractivity contribution in [2.45, 2.75) is 81.8 Å². The fraction of sp³-hybridized carbons (Fsp3) is 0.783. The van der Waals surface area contributed by atoms with Crippen LogP contribution in [0.1, 0.15) is 86.2 Å². The first-order valence-corrected chi connectivity index (χ1v) is 11.7. The molecule has 2 N–H and O–H groups in total. The largest absolute Gasteiger partial charge is 0.390 e. The van der Waals surface area contributed by atoms with Crippen molar-refractivity contribution in [3.63, 3.8) is 0 Å². The lowest BCUT2D eigenvalue weighted by atomic mass is 9.52. The lowest BCUT2D eigenvalue weighted by molar-refractivity contribution is -0.136. The van der Waals surface area contributed by atoms with Crippen molar-refractivity contribution in [2.24, 2.45) is 17.8 Å². The molecule has 1 aliphatic heterocycles. The van der Waals surface area contributed by atoms with Crippen LogP contribution in [0.5, 0.6) is 0 Å². The molecule has 1 saturated heterocycles. The first kappa shape index (κ1) is 18.1. The predicted molar refractivity (Wildman–Crippen MR) is 110 cm³/mol. The third kappa shape index (κ3) is 3.06. The van der Waals surface area contributed by atoms with E-state index in [0.717, 1.165) is 69.7 Å². The van der Waals surface area contributed by atoms with Gasteiger partial charge < -0.3 is 15.3 Å². The standard InChI is InChI=1S/C23H32N4O2/c28-21(25-19-16-8-14-9-17(19)12-23(29,10-14)11-16)18-13-24-22(27-6-3-7-27)26-20(18)15-4-1-2-5-15/h13-17,19,29H,1-12H2,(H,25,28). The molecule has 29 heavy (non-hydrogen) atoms. The molecule has 1 aromatic heterocycles. The number of hydrogen-bond donors (Lipinski definition) is 2. The lowest BCUT2D eigenvalue weighted by Crippen LogP contribution is -2.61. The predicted octanol–water partition coefficient (Wildman–Crippen LogP) is 3.01. The summed E-state index contributed by atoms with van der Waals surface area (Å²) in [5, 5.41) is 14.2. The second-order valence-electron chi connectivity index (χ2n) is 10.5. The van der Waals surface area contributed by atoms with Gasteiger partial charge in [0.05, 0.1) is 16.9 Å². The molecule has 6 aliphatic rings. The summed E-state index contributed by atoms with van der Waals surface area (Å²) in [7, 11) is 0. The molecule has 156 valence electrons. The van der Waals surface area contributed by atoms with Crippen molar-refractivity contribution >= 4 is 11.9 Å². The summed E-state index contributed by atoms with van der Waals surface area (Å²) in [5.41, 5.74) is 1.20. The van der Waals surface area contributed by atoms with Crippen LogP contribution in [0, 0.1) is 17.8 Å². The molecule has 2 heterocycles. The van der Waals surface area contributed by atoms with Crippen LogP contribution >= 0.6 is 0 Å². The SMILES string of the molecule is O=C(NC1C2CC3CC1CC(O)(C3)C2)c1cnc(N2CCC2)nc1C1CCCC1. The Morgan fingerprint density at radius 2 is 1.83 bits per heavy atom. The van der Waals surface area contributed by atoms with Crippen LogP contribution < -0.4 is 10.2 Å². The first-order chi connectivity index (χ1) is 14.1. The Morgan fingerprint density at radius 3 is 2.45 bits per heavy atom. The van der Waals surface area contributed by atoms with E-state index in [9.17, 15) is 9.90 Å². The molecule has 4 bridgehead atoms. The van der Waals surface area contributed by atoms with Gasteiger partial charge in [0.1, 0.15) is 0 Å². The number of nitrogens with one attached hydrogen (secondary N) is 1. The van der Waals surface area contributed by atoms with E-state index in [1.165, 1.54) is 19.3 Å². The average Bonchev–Trinajstić information content (AvgIpc) is 3.16. The van der Waals surface area contributed by atoms with Gasteiger partial charge in [0.15, 0.2) is 0 Å². The Kier molecular flexibility index (Phi) is 4.16. The Labute approximate surface area is 172 Å². The highest BCUT2D eigenvalue weighted by molar-refractivity contribution is 5.95. The van der Waals surface area contributed by atoms with E-state index in [0.29, 0.717) is 29.2 Å². The fourth-order valence-electron chi connectivity index (χ4n) is 7.19. The second-order valence-corrected chi connectivity index (χ2v) is 10.5. The molecule has 0 spiro atoms. The second kappa shape index (κ2) is 6.66. The first-order valence-electron chi connectivity index (χ1n) is 11.7. The van der Waals surface area contributed by atoms with Gasteiger partial charge in [-0.15, -0.1) is 0 Å². The van der Waals surface area contributed by atoms with Crippen molar-refractivity contribution in [3.8, 4) is 0 Å². The van der Waals surface area contributed by atoms with Crippen LogP contribution in [0.2, 0.25) is 0 Å². The highest BCUT2D eigenvalue weighted by atomic mass is 16.3. The average molecular weight is 397 g/mol. The van der Waals surface area contributed by atoms with E-state index in [2.05, 4.69) is 15.2 Å². The number of anilines is 1. The summed E-state index contributed by atoms with van der Waals surface area (Å²) in [6.07, 6.45) is 12.7. The smallest absolute Gasteiger partial charge is 0.254 e. The molecule has 1 amide bonds. The van der Waals surface area contributed by atoms with Crippen molar-refractivity contribution in [2.75, 3.05) is 18.0 Å². The quantitative estimate of drug-likeness (QED) is 0.818. The van der Waals surface area contributed by atoms with Gasteiger partial charge in [-0.05, 0) is 69.1 Å². The molecule has 6 fully saturated rings. The number of rotatable bonds is 4. The van der Waals surface area contributed by atoms with Crippen LogP contribution in [0.25, 0.3) is 0 Å². The Hall–Kier alpha value is -1.69. The van der Waals surface area contributed by atoms with Gasteiger partial charge >= 0.3 is 0 Å². The van der Waals surface area contributed by atoms with E-state index in [4.69, 9.17) is 4.98 Å². The van der Waals surface area contributed by atoms with Gasteiger partial charge in [-0.2, -0.15) is 0 Å². The summed E-state index contributed by atoms with van der Waals surface area (Å²) >= 11 is 0. The molecule has 2 atom stereocenters. The summed E-state index contributed by atoms with van der Waals surface area (Å²) < 4.78 is 0. The number of hydrogen-bond acceptors (Lipinski definition) is 5. The Balaban J connectivity index is 1.26. The molecule has 7 rings (SSSR count). The van der Waals surface area contributed by atoms with Crippen molar-refractivity contribution in [3.05, 3.63) is 17.5 Å². The van der Waals surface area contributed by atoms with Gasteiger partial charge in [0.25, 0.3) is 5.91 Å². The van der Waals surface area contributed by atoms with E-state index >= 15 is 0 Å².